The Morgan fingerprint density at radius 3 is 2.62 bits per heavy atom. The molecular weight excluding hydrogens is 306 g/mol. The Hall–Kier alpha value is -3.00. The van der Waals surface area contributed by atoms with E-state index in [2.05, 4.69) is 0 Å². The minimum atomic E-state index is -0.427. The number of aryl methyl sites for hydroxylation is 1. The zero-order valence-corrected chi connectivity index (χ0v) is 14.0. The molecule has 0 amide bonds. The molecule has 0 radical (unpaired) electrons. The third-order valence-corrected chi connectivity index (χ3v) is 3.64. The zero-order chi connectivity index (χ0) is 17.5. The molecule has 5 nitrogen and oxygen atoms in total. The van der Waals surface area contributed by atoms with Crippen molar-refractivity contribution >= 4 is 5.97 Å². The van der Waals surface area contributed by atoms with Gasteiger partial charge in [-0.25, -0.2) is 0 Å². The third-order valence-electron chi connectivity index (χ3n) is 3.64. The summed E-state index contributed by atoms with van der Waals surface area (Å²) in [5, 5.41) is 8.87. The summed E-state index contributed by atoms with van der Waals surface area (Å²) in [7, 11) is 1.46. The van der Waals surface area contributed by atoms with Gasteiger partial charge in [-0.15, -0.1) is 0 Å². The molecule has 124 valence electrons. The van der Waals surface area contributed by atoms with Crippen LogP contribution in [0, 0.1) is 25.2 Å². The average molecular weight is 325 g/mol. The predicted molar refractivity (Wildman–Crippen MR) is 89.4 cm³/mol. The number of benzene rings is 2. The van der Waals surface area contributed by atoms with Gasteiger partial charge >= 0.3 is 5.97 Å². The van der Waals surface area contributed by atoms with Gasteiger partial charge in [0, 0.05) is 6.07 Å². The molecule has 0 N–H and O–H groups in total. The number of rotatable bonds is 6. The highest BCUT2D eigenvalue weighted by Gasteiger charge is 2.11. The highest BCUT2D eigenvalue weighted by molar-refractivity contribution is 5.73. The summed E-state index contributed by atoms with van der Waals surface area (Å²) in [6.07, 6.45) is 0.108. The van der Waals surface area contributed by atoms with Crippen LogP contribution >= 0.6 is 0 Å². The summed E-state index contributed by atoms with van der Waals surface area (Å²) in [6, 6.07) is 12.4. The number of hydrogen-bond acceptors (Lipinski definition) is 5. The summed E-state index contributed by atoms with van der Waals surface area (Å²) in [5.74, 6) is 0.966. The fraction of sp³-hybridized carbons (Fsp3) is 0.263. The quantitative estimate of drug-likeness (QED) is 0.600. The van der Waals surface area contributed by atoms with Gasteiger partial charge in [-0.1, -0.05) is 12.1 Å². The van der Waals surface area contributed by atoms with Gasteiger partial charge < -0.3 is 14.2 Å². The van der Waals surface area contributed by atoms with Crippen LogP contribution in [0.15, 0.2) is 36.4 Å². The fourth-order valence-electron chi connectivity index (χ4n) is 2.12. The highest BCUT2D eigenvalue weighted by Crippen LogP contribution is 2.28. The van der Waals surface area contributed by atoms with Crippen molar-refractivity contribution in [2.75, 3.05) is 13.7 Å². The topological polar surface area (TPSA) is 68.5 Å². The number of esters is 1. The van der Waals surface area contributed by atoms with E-state index in [1.165, 1.54) is 13.2 Å². The second-order valence-electron chi connectivity index (χ2n) is 5.25. The van der Waals surface area contributed by atoms with E-state index < -0.39 is 5.97 Å². The lowest BCUT2D eigenvalue weighted by molar-refractivity contribution is -0.135. The monoisotopic (exact) mass is 325 g/mol. The van der Waals surface area contributed by atoms with Gasteiger partial charge in [-0.05, 0) is 43.2 Å². The van der Waals surface area contributed by atoms with Crippen molar-refractivity contribution in [3.63, 3.8) is 0 Å². The molecular formula is C19H19NO4. The number of carbonyl (C=O) groups is 1. The van der Waals surface area contributed by atoms with Crippen LogP contribution in [-0.4, -0.2) is 19.7 Å². The molecule has 24 heavy (non-hydrogen) atoms. The molecule has 0 aliphatic rings. The van der Waals surface area contributed by atoms with Crippen molar-refractivity contribution in [1.29, 1.82) is 5.26 Å². The van der Waals surface area contributed by atoms with Gasteiger partial charge in [-0.3, -0.25) is 4.79 Å². The van der Waals surface area contributed by atoms with Crippen LogP contribution in [0.1, 0.15) is 23.1 Å². The molecule has 0 aliphatic heterocycles. The molecule has 5 heteroatoms. The van der Waals surface area contributed by atoms with Crippen LogP contribution in [0.4, 0.5) is 0 Å². The van der Waals surface area contributed by atoms with E-state index in [1.807, 2.05) is 38.1 Å². The molecule has 0 aliphatic carbocycles. The summed E-state index contributed by atoms with van der Waals surface area (Å²) >= 11 is 0. The lowest BCUT2D eigenvalue weighted by atomic mass is 10.1. The zero-order valence-electron chi connectivity index (χ0n) is 14.0. The van der Waals surface area contributed by atoms with Gasteiger partial charge in [-0.2, -0.15) is 5.26 Å². The van der Waals surface area contributed by atoms with Crippen molar-refractivity contribution in [2.45, 2.75) is 20.3 Å². The first kappa shape index (κ1) is 17.4. The van der Waals surface area contributed by atoms with E-state index in [1.54, 1.807) is 12.1 Å². The standard InChI is InChI=1S/C19H19NO4/c1-13-5-4-6-16(14(13)2)23-10-9-19(21)24-17-8-7-15(12-20)11-18(17)22-3/h4-8,11H,9-10H2,1-3H3. The molecule has 0 spiro atoms. The van der Waals surface area contributed by atoms with Crippen molar-refractivity contribution in [2.24, 2.45) is 0 Å². The van der Waals surface area contributed by atoms with Gasteiger partial charge in [0.2, 0.25) is 0 Å². The molecule has 0 heterocycles. The van der Waals surface area contributed by atoms with Gasteiger partial charge in [0.05, 0.1) is 31.8 Å². The van der Waals surface area contributed by atoms with Crippen LogP contribution in [-0.2, 0) is 4.79 Å². The average Bonchev–Trinajstić information content (AvgIpc) is 2.59. The largest absolute Gasteiger partial charge is 0.493 e. The maximum absolute atomic E-state index is 12.0. The normalized spacial score (nSPS) is 9.92. The Labute approximate surface area is 141 Å². The molecule has 0 aromatic heterocycles. The molecule has 2 aromatic rings. The van der Waals surface area contributed by atoms with Crippen LogP contribution in [0.5, 0.6) is 17.2 Å². The minimum Gasteiger partial charge on any atom is -0.493 e. The number of methoxy groups -OCH3 is 1. The summed E-state index contributed by atoms with van der Waals surface area (Å²) in [4.78, 5) is 12.0. The maximum Gasteiger partial charge on any atom is 0.314 e. The molecule has 0 atom stereocenters. The summed E-state index contributed by atoms with van der Waals surface area (Å²) in [6.45, 7) is 4.21. The predicted octanol–water partition coefficient (Wildman–Crippen LogP) is 3.56. The molecule has 0 unspecified atom stereocenters. The van der Waals surface area contributed by atoms with E-state index in [9.17, 15) is 4.79 Å². The summed E-state index contributed by atoms with van der Waals surface area (Å²) in [5.41, 5.74) is 2.63. The van der Waals surface area contributed by atoms with Crippen LogP contribution < -0.4 is 14.2 Å². The molecule has 0 saturated heterocycles. The number of hydrogen-bond donors (Lipinski definition) is 0. The molecule has 0 saturated carbocycles. The van der Waals surface area contributed by atoms with Crippen molar-refractivity contribution in [3.05, 3.63) is 53.1 Å². The first-order valence-corrected chi connectivity index (χ1v) is 7.53. The van der Waals surface area contributed by atoms with Crippen LogP contribution in [0.2, 0.25) is 0 Å². The Bertz CT molecular complexity index is 777. The first-order chi connectivity index (χ1) is 11.5. The molecule has 0 fully saturated rings. The van der Waals surface area contributed by atoms with E-state index in [4.69, 9.17) is 19.5 Å². The fourth-order valence-corrected chi connectivity index (χ4v) is 2.12. The van der Waals surface area contributed by atoms with Gasteiger partial charge in [0.1, 0.15) is 5.75 Å². The van der Waals surface area contributed by atoms with Crippen molar-refractivity contribution in [3.8, 4) is 23.3 Å². The number of nitrogens with zero attached hydrogens (tertiary/aromatic N) is 1. The molecule has 2 aromatic carbocycles. The van der Waals surface area contributed by atoms with E-state index in [0.717, 1.165) is 16.9 Å². The number of carbonyl (C=O) groups excluding carboxylic acids is 1. The van der Waals surface area contributed by atoms with Crippen molar-refractivity contribution < 1.29 is 19.0 Å². The lowest BCUT2D eigenvalue weighted by Crippen LogP contribution is -2.13. The Morgan fingerprint density at radius 1 is 1.12 bits per heavy atom. The number of ether oxygens (including phenoxy) is 3. The Balaban J connectivity index is 1.92. The molecule has 2 rings (SSSR count). The highest BCUT2D eigenvalue weighted by atomic mass is 16.6. The second-order valence-corrected chi connectivity index (χ2v) is 5.25. The third kappa shape index (κ3) is 4.26. The Morgan fingerprint density at radius 2 is 1.92 bits per heavy atom. The first-order valence-electron chi connectivity index (χ1n) is 7.53. The smallest absolute Gasteiger partial charge is 0.314 e. The van der Waals surface area contributed by atoms with Crippen LogP contribution in [0.25, 0.3) is 0 Å². The van der Waals surface area contributed by atoms with Crippen LogP contribution in [0.3, 0.4) is 0 Å². The van der Waals surface area contributed by atoms with Gasteiger partial charge in [0.15, 0.2) is 11.5 Å². The summed E-state index contributed by atoms with van der Waals surface area (Å²) < 4.78 is 16.1. The van der Waals surface area contributed by atoms with E-state index in [-0.39, 0.29) is 18.8 Å². The number of nitriles is 1. The maximum atomic E-state index is 12.0. The van der Waals surface area contributed by atoms with Crippen molar-refractivity contribution in [1.82, 2.24) is 0 Å². The minimum absolute atomic E-state index is 0.108. The second kappa shape index (κ2) is 8.02. The van der Waals surface area contributed by atoms with E-state index >= 15 is 0 Å². The van der Waals surface area contributed by atoms with E-state index in [0.29, 0.717) is 11.3 Å². The Kier molecular flexibility index (Phi) is 5.80. The van der Waals surface area contributed by atoms with Gasteiger partial charge in [0.25, 0.3) is 0 Å². The molecule has 0 bridgehead atoms. The SMILES string of the molecule is COc1cc(C#N)ccc1OC(=O)CCOc1cccc(C)c1C. The lowest BCUT2D eigenvalue weighted by Gasteiger charge is -2.11.